The number of sulfone groups is 1. The molecule has 1 aromatic rings. The third-order valence-electron chi connectivity index (χ3n) is 3.19. The van der Waals surface area contributed by atoms with Crippen molar-refractivity contribution >= 4 is 31.5 Å². The van der Waals surface area contributed by atoms with Crippen molar-refractivity contribution < 1.29 is 16.8 Å². The monoisotopic (exact) mass is 353 g/mol. The van der Waals surface area contributed by atoms with E-state index in [2.05, 4.69) is 0 Å². The van der Waals surface area contributed by atoms with Crippen molar-refractivity contribution in [3.63, 3.8) is 0 Å². The zero-order valence-electron chi connectivity index (χ0n) is 12.3. The van der Waals surface area contributed by atoms with Crippen molar-refractivity contribution in [2.75, 3.05) is 25.6 Å². The van der Waals surface area contributed by atoms with Crippen LogP contribution in [-0.4, -0.2) is 46.7 Å². The Bertz CT molecular complexity index is 699. The first kappa shape index (κ1) is 18.4. The number of hydrogen-bond acceptors (Lipinski definition) is 4. The van der Waals surface area contributed by atoms with Gasteiger partial charge in [0, 0.05) is 25.7 Å². The average Bonchev–Trinajstić information content (AvgIpc) is 2.42. The fraction of sp³-hybridized carbons (Fsp3) is 0.538. The summed E-state index contributed by atoms with van der Waals surface area (Å²) in [4.78, 5) is 0.131. The van der Waals surface area contributed by atoms with E-state index in [1.165, 1.54) is 13.1 Å². The van der Waals surface area contributed by atoms with Gasteiger partial charge in [0.2, 0.25) is 10.0 Å². The highest BCUT2D eigenvalue weighted by atomic mass is 35.5. The summed E-state index contributed by atoms with van der Waals surface area (Å²) in [6, 6.07) is 4.83. The predicted octanol–water partition coefficient (Wildman–Crippen LogP) is 1.65. The standard InChI is InChI=1S/C13H20ClNO4S2/c1-4-11-5-6-13(9-12(11)10-14)21(18,19)15(2)7-8-20(3,16)17/h5-6,9H,4,7-8,10H2,1-3H3. The molecule has 0 fully saturated rings. The summed E-state index contributed by atoms with van der Waals surface area (Å²) in [5.74, 6) is 0.0255. The highest BCUT2D eigenvalue weighted by molar-refractivity contribution is 7.91. The second-order valence-corrected chi connectivity index (χ2v) is 9.45. The number of hydrogen-bond donors (Lipinski definition) is 0. The molecule has 0 atom stereocenters. The van der Waals surface area contributed by atoms with Gasteiger partial charge in [-0.15, -0.1) is 11.6 Å². The topological polar surface area (TPSA) is 71.5 Å². The van der Waals surface area contributed by atoms with Gasteiger partial charge in [-0.05, 0) is 29.7 Å². The van der Waals surface area contributed by atoms with Gasteiger partial charge in [-0.3, -0.25) is 0 Å². The van der Waals surface area contributed by atoms with Gasteiger partial charge in [-0.25, -0.2) is 16.8 Å². The Balaban J connectivity index is 3.07. The molecular formula is C13H20ClNO4S2. The predicted molar refractivity (Wildman–Crippen MR) is 84.9 cm³/mol. The van der Waals surface area contributed by atoms with E-state index in [0.717, 1.165) is 28.1 Å². The van der Waals surface area contributed by atoms with Crippen LogP contribution in [0.1, 0.15) is 18.1 Å². The molecule has 0 aliphatic carbocycles. The Morgan fingerprint density at radius 1 is 1.14 bits per heavy atom. The second kappa shape index (κ2) is 7.09. The number of nitrogens with zero attached hydrogens (tertiary/aromatic N) is 1. The van der Waals surface area contributed by atoms with Crippen LogP contribution in [0.15, 0.2) is 23.1 Å². The van der Waals surface area contributed by atoms with E-state index < -0.39 is 19.9 Å². The molecule has 120 valence electrons. The van der Waals surface area contributed by atoms with Crippen LogP contribution < -0.4 is 0 Å². The first-order valence-electron chi connectivity index (χ1n) is 6.43. The molecular weight excluding hydrogens is 334 g/mol. The van der Waals surface area contributed by atoms with E-state index in [4.69, 9.17) is 11.6 Å². The molecule has 0 N–H and O–H groups in total. The van der Waals surface area contributed by atoms with Gasteiger partial charge < -0.3 is 0 Å². The quantitative estimate of drug-likeness (QED) is 0.699. The van der Waals surface area contributed by atoms with Crippen LogP contribution in [0.3, 0.4) is 0 Å². The van der Waals surface area contributed by atoms with Gasteiger partial charge in [-0.1, -0.05) is 13.0 Å². The van der Waals surface area contributed by atoms with Crippen molar-refractivity contribution in [2.45, 2.75) is 24.1 Å². The molecule has 0 bridgehead atoms. The molecule has 0 saturated heterocycles. The summed E-state index contributed by atoms with van der Waals surface area (Å²) in [7, 11) is -5.55. The van der Waals surface area contributed by atoms with Crippen molar-refractivity contribution in [3.05, 3.63) is 29.3 Å². The smallest absolute Gasteiger partial charge is 0.229 e. The molecule has 1 aromatic carbocycles. The summed E-state index contributed by atoms with van der Waals surface area (Å²) < 4.78 is 48.1. The molecule has 0 radical (unpaired) electrons. The molecule has 5 nitrogen and oxygen atoms in total. The fourth-order valence-electron chi connectivity index (χ4n) is 1.83. The Kier molecular flexibility index (Phi) is 6.22. The summed E-state index contributed by atoms with van der Waals surface area (Å²) >= 11 is 5.85. The first-order valence-corrected chi connectivity index (χ1v) is 10.5. The van der Waals surface area contributed by atoms with Crippen LogP contribution in [0, 0.1) is 0 Å². The van der Waals surface area contributed by atoms with Crippen LogP contribution in [0.25, 0.3) is 0 Å². The van der Waals surface area contributed by atoms with Gasteiger partial charge in [0.25, 0.3) is 0 Å². The molecule has 0 amide bonds. The van der Waals surface area contributed by atoms with Crippen LogP contribution in [-0.2, 0) is 32.2 Å². The third-order valence-corrected chi connectivity index (χ3v) is 6.25. The summed E-state index contributed by atoms with van der Waals surface area (Å²) in [6.45, 7) is 1.89. The van der Waals surface area contributed by atoms with E-state index >= 15 is 0 Å². The number of alkyl halides is 1. The van der Waals surface area contributed by atoms with Gasteiger partial charge in [0.05, 0.1) is 10.6 Å². The fourth-order valence-corrected chi connectivity index (χ4v) is 4.02. The molecule has 0 spiro atoms. The van der Waals surface area contributed by atoms with Gasteiger partial charge in [0.15, 0.2) is 0 Å². The lowest BCUT2D eigenvalue weighted by Gasteiger charge is -2.17. The maximum absolute atomic E-state index is 12.4. The average molecular weight is 354 g/mol. The molecule has 1 rings (SSSR count). The van der Waals surface area contributed by atoms with Crippen LogP contribution in [0.2, 0.25) is 0 Å². The lowest BCUT2D eigenvalue weighted by molar-refractivity contribution is 0.484. The number of aryl methyl sites for hydroxylation is 1. The zero-order chi connectivity index (χ0) is 16.3. The minimum atomic E-state index is -3.71. The molecule has 0 aromatic heterocycles. The van der Waals surface area contributed by atoms with Crippen molar-refractivity contribution in [1.29, 1.82) is 0 Å². The Hall–Kier alpha value is -0.630. The van der Waals surface area contributed by atoms with Crippen LogP contribution >= 0.6 is 11.6 Å². The SMILES string of the molecule is CCc1ccc(S(=O)(=O)N(C)CCS(C)(=O)=O)cc1CCl. The molecule has 0 unspecified atom stereocenters. The van der Waals surface area contributed by atoms with Crippen molar-refractivity contribution in [2.24, 2.45) is 0 Å². The van der Waals surface area contributed by atoms with Crippen LogP contribution in [0.4, 0.5) is 0 Å². The van der Waals surface area contributed by atoms with Gasteiger partial charge in [-0.2, -0.15) is 4.31 Å². The van der Waals surface area contributed by atoms with Crippen LogP contribution in [0.5, 0.6) is 0 Å². The van der Waals surface area contributed by atoms with Gasteiger partial charge in [0.1, 0.15) is 9.84 Å². The molecule has 0 heterocycles. The number of sulfonamides is 1. The maximum Gasteiger partial charge on any atom is 0.242 e. The van der Waals surface area contributed by atoms with Crippen molar-refractivity contribution in [3.8, 4) is 0 Å². The number of halogens is 1. The van der Waals surface area contributed by atoms with E-state index in [0.29, 0.717) is 0 Å². The Labute approximate surface area is 131 Å². The molecule has 0 aliphatic heterocycles. The van der Waals surface area contributed by atoms with E-state index in [1.807, 2.05) is 6.92 Å². The number of rotatable bonds is 7. The second-order valence-electron chi connectivity index (χ2n) is 4.87. The normalized spacial score (nSPS) is 12.8. The lowest BCUT2D eigenvalue weighted by atomic mass is 10.1. The van der Waals surface area contributed by atoms with E-state index in [1.54, 1.807) is 12.1 Å². The number of benzene rings is 1. The summed E-state index contributed by atoms with van der Waals surface area (Å²) in [6.07, 6.45) is 1.85. The highest BCUT2D eigenvalue weighted by Crippen LogP contribution is 2.21. The van der Waals surface area contributed by atoms with Gasteiger partial charge >= 0.3 is 0 Å². The summed E-state index contributed by atoms with van der Waals surface area (Å²) in [5.41, 5.74) is 1.78. The molecule has 21 heavy (non-hydrogen) atoms. The van der Waals surface area contributed by atoms with E-state index in [9.17, 15) is 16.8 Å². The Morgan fingerprint density at radius 3 is 2.24 bits per heavy atom. The molecule has 0 aliphatic rings. The van der Waals surface area contributed by atoms with E-state index in [-0.39, 0.29) is 23.1 Å². The summed E-state index contributed by atoms with van der Waals surface area (Å²) in [5, 5.41) is 0. The lowest BCUT2D eigenvalue weighted by Crippen LogP contribution is -2.31. The minimum Gasteiger partial charge on any atom is -0.229 e. The third kappa shape index (κ3) is 4.95. The zero-order valence-corrected chi connectivity index (χ0v) is 14.7. The first-order chi connectivity index (χ1) is 9.61. The van der Waals surface area contributed by atoms with Crippen molar-refractivity contribution in [1.82, 2.24) is 4.31 Å². The molecule has 0 saturated carbocycles. The maximum atomic E-state index is 12.4. The largest absolute Gasteiger partial charge is 0.242 e. The highest BCUT2D eigenvalue weighted by Gasteiger charge is 2.22. The molecule has 8 heteroatoms. The minimum absolute atomic E-state index is 0.0765. The Morgan fingerprint density at radius 2 is 1.76 bits per heavy atom.